The minimum Gasteiger partial charge on any atom is -0.351 e. The minimum absolute atomic E-state index is 0.0453. The number of nitrogens with zero attached hydrogens (tertiary/aromatic N) is 1. The Kier molecular flexibility index (Phi) is 8.08. The molecule has 6 heteroatoms. The maximum atomic E-state index is 13.6. The second-order valence-corrected chi connectivity index (χ2v) is 8.74. The van der Waals surface area contributed by atoms with Gasteiger partial charge in [-0.2, -0.15) is 0 Å². The van der Waals surface area contributed by atoms with Crippen LogP contribution in [0.15, 0.2) is 54.6 Å². The van der Waals surface area contributed by atoms with E-state index in [2.05, 4.69) is 19.2 Å². The van der Waals surface area contributed by atoms with Crippen molar-refractivity contribution >= 4 is 23.4 Å². The SMILES string of the molecule is CC1CCCC(NC(=O)C(c2ccc(F)cc2)N(Cc2ccccc2)C(=O)CCl)C1C. The molecular formula is C25H30ClFN2O2. The zero-order valence-electron chi connectivity index (χ0n) is 18.1. The van der Waals surface area contributed by atoms with E-state index >= 15 is 0 Å². The largest absolute Gasteiger partial charge is 0.351 e. The quantitative estimate of drug-likeness (QED) is 0.606. The molecule has 1 N–H and O–H groups in total. The van der Waals surface area contributed by atoms with Crippen LogP contribution in [0.2, 0.25) is 0 Å². The summed E-state index contributed by atoms with van der Waals surface area (Å²) in [5.41, 5.74) is 1.45. The number of benzene rings is 2. The smallest absolute Gasteiger partial charge is 0.247 e. The average molecular weight is 445 g/mol. The van der Waals surface area contributed by atoms with Crippen molar-refractivity contribution in [2.45, 2.75) is 51.7 Å². The molecule has 4 nitrogen and oxygen atoms in total. The fourth-order valence-electron chi connectivity index (χ4n) is 4.35. The zero-order valence-corrected chi connectivity index (χ0v) is 18.8. The van der Waals surface area contributed by atoms with Gasteiger partial charge in [-0.05, 0) is 41.5 Å². The second-order valence-electron chi connectivity index (χ2n) is 8.48. The summed E-state index contributed by atoms with van der Waals surface area (Å²) in [6, 6.07) is 14.4. The lowest BCUT2D eigenvalue weighted by atomic mass is 9.78. The van der Waals surface area contributed by atoms with Crippen LogP contribution in [0.5, 0.6) is 0 Å². The van der Waals surface area contributed by atoms with Gasteiger partial charge in [0.2, 0.25) is 11.8 Å². The van der Waals surface area contributed by atoms with Crippen LogP contribution in [0.4, 0.5) is 4.39 Å². The van der Waals surface area contributed by atoms with E-state index in [0.717, 1.165) is 24.8 Å². The molecule has 1 aliphatic rings. The van der Waals surface area contributed by atoms with Crippen LogP contribution < -0.4 is 5.32 Å². The molecule has 0 bridgehead atoms. The second kappa shape index (κ2) is 10.8. The summed E-state index contributed by atoms with van der Waals surface area (Å²) in [6.07, 6.45) is 3.13. The first-order chi connectivity index (χ1) is 14.9. The monoisotopic (exact) mass is 444 g/mol. The molecule has 2 aromatic carbocycles. The third-order valence-corrected chi connectivity index (χ3v) is 6.64. The highest BCUT2D eigenvalue weighted by molar-refractivity contribution is 6.27. The zero-order chi connectivity index (χ0) is 22.4. The molecule has 1 aliphatic carbocycles. The summed E-state index contributed by atoms with van der Waals surface area (Å²) in [7, 11) is 0. The van der Waals surface area contributed by atoms with Crippen molar-refractivity contribution in [2.24, 2.45) is 11.8 Å². The van der Waals surface area contributed by atoms with E-state index in [1.54, 1.807) is 12.1 Å². The van der Waals surface area contributed by atoms with Crippen molar-refractivity contribution in [3.63, 3.8) is 0 Å². The summed E-state index contributed by atoms with van der Waals surface area (Å²) in [4.78, 5) is 27.9. The molecule has 1 saturated carbocycles. The van der Waals surface area contributed by atoms with Crippen molar-refractivity contribution < 1.29 is 14.0 Å². The van der Waals surface area contributed by atoms with E-state index in [4.69, 9.17) is 11.6 Å². The van der Waals surface area contributed by atoms with Crippen molar-refractivity contribution in [1.29, 1.82) is 0 Å². The summed E-state index contributed by atoms with van der Waals surface area (Å²) < 4.78 is 13.6. The van der Waals surface area contributed by atoms with Crippen LogP contribution in [-0.2, 0) is 16.1 Å². The number of alkyl halides is 1. The van der Waals surface area contributed by atoms with Crippen molar-refractivity contribution in [3.05, 3.63) is 71.5 Å². The Bertz CT molecular complexity index is 875. The Labute approximate surface area is 188 Å². The van der Waals surface area contributed by atoms with Crippen LogP contribution in [0.1, 0.15) is 50.3 Å². The molecule has 0 saturated heterocycles. The molecule has 0 heterocycles. The fraction of sp³-hybridized carbons (Fsp3) is 0.440. The summed E-state index contributed by atoms with van der Waals surface area (Å²) in [5, 5.41) is 3.19. The molecule has 4 unspecified atom stereocenters. The minimum atomic E-state index is -0.892. The number of rotatable bonds is 7. The number of carbonyl (C=O) groups is 2. The average Bonchev–Trinajstić information content (AvgIpc) is 2.78. The first kappa shape index (κ1) is 23.3. The van der Waals surface area contributed by atoms with Gasteiger partial charge in [0.15, 0.2) is 0 Å². The van der Waals surface area contributed by atoms with E-state index < -0.39 is 11.9 Å². The van der Waals surface area contributed by atoms with Crippen molar-refractivity contribution in [2.75, 3.05) is 5.88 Å². The predicted octanol–water partition coefficient (Wildman–Crippen LogP) is 5.08. The molecule has 2 amide bonds. The maximum absolute atomic E-state index is 13.6. The molecule has 4 atom stereocenters. The first-order valence-corrected chi connectivity index (χ1v) is 11.4. The Hall–Kier alpha value is -2.40. The van der Waals surface area contributed by atoms with E-state index in [1.165, 1.54) is 17.0 Å². The Morgan fingerprint density at radius 2 is 1.77 bits per heavy atom. The molecule has 1 fully saturated rings. The lowest BCUT2D eigenvalue weighted by molar-refractivity contribution is -0.140. The van der Waals surface area contributed by atoms with Crippen molar-refractivity contribution in [1.82, 2.24) is 10.2 Å². The number of amides is 2. The number of nitrogens with one attached hydrogen (secondary N) is 1. The highest BCUT2D eigenvalue weighted by atomic mass is 35.5. The van der Waals surface area contributed by atoms with E-state index in [0.29, 0.717) is 17.4 Å². The fourth-order valence-corrected chi connectivity index (χ4v) is 4.50. The lowest BCUT2D eigenvalue weighted by Crippen LogP contribution is -2.50. The van der Waals surface area contributed by atoms with Gasteiger partial charge in [0.25, 0.3) is 0 Å². The molecule has 166 valence electrons. The Balaban J connectivity index is 1.94. The summed E-state index contributed by atoms with van der Waals surface area (Å²) in [6.45, 7) is 4.60. The third-order valence-electron chi connectivity index (χ3n) is 6.41. The number of carbonyl (C=O) groups excluding carboxylic acids is 2. The number of hydrogen-bond donors (Lipinski definition) is 1. The van der Waals surface area contributed by atoms with Gasteiger partial charge in [-0.3, -0.25) is 9.59 Å². The molecule has 0 aliphatic heterocycles. The van der Waals surface area contributed by atoms with Crippen molar-refractivity contribution in [3.8, 4) is 0 Å². The van der Waals surface area contributed by atoms with E-state index in [-0.39, 0.29) is 30.3 Å². The molecule has 0 aromatic heterocycles. The third kappa shape index (κ3) is 5.85. The van der Waals surface area contributed by atoms with Gasteiger partial charge >= 0.3 is 0 Å². The van der Waals surface area contributed by atoms with Crippen LogP contribution >= 0.6 is 11.6 Å². The normalized spacial score (nSPS) is 21.9. The lowest BCUT2D eigenvalue weighted by Gasteiger charge is -2.37. The maximum Gasteiger partial charge on any atom is 0.247 e. The topological polar surface area (TPSA) is 49.4 Å². The molecule has 2 aromatic rings. The van der Waals surface area contributed by atoms with Crippen LogP contribution in [0.25, 0.3) is 0 Å². The summed E-state index contributed by atoms with van der Waals surface area (Å²) >= 11 is 5.93. The van der Waals surface area contributed by atoms with Gasteiger partial charge in [0, 0.05) is 12.6 Å². The number of halogens is 2. The van der Waals surface area contributed by atoms with Crippen LogP contribution in [-0.4, -0.2) is 28.6 Å². The van der Waals surface area contributed by atoms with Gasteiger partial charge < -0.3 is 10.2 Å². The molecule has 31 heavy (non-hydrogen) atoms. The van der Waals surface area contributed by atoms with E-state index in [9.17, 15) is 14.0 Å². The molecular weight excluding hydrogens is 415 g/mol. The van der Waals surface area contributed by atoms with Crippen LogP contribution in [0.3, 0.4) is 0 Å². The molecule has 3 rings (SSSR count). The Morgan fingerprint density at radius 1 is 1.10 bits per heavy atom. The predicted molar refractivity (Wildman–Crippen MR) is 121 cm³/mol. The van der Waals surface area contributed by atoms with Gasteiger partial charge in [-0.15, -0.1) is 11.6 Å². The Morgan fingerprint density at radius 3 is 2.42 bits per heavy atom. The van der Waals surface area contributed by atoms with Gasteiger partial charge in [-0.1, -0.05) is 69.2 Å². The highest BCUT2D eigenvalue weighted by Gasteiger charge is 2.35. The molecule has 0 spiro atoms. The summed E-state index contributed by atoms with van der Waals surface area (Å²) in [5.74, 6) is -0.372. The van der Waals surface area contributed by atoms with E-state index in [1.807, 2.05) is 30.3 Å². The van der Waals surface area contributed by atoms with Crippen LogP contribution in [0, 0.1) is 17.7 Å². The molecule has 0 radical (unpaired) electrons. The standard InChI is InChI=1S/C25H30ClFN2O2/c1-17-7-6-10-22(18(17)2)28-25(31)24(20-11-13-21(27)14-12-20)29(23(30)15-26)16-19-8-4-3-5-9-19/h3-5,8-9,11-14,17-18,22,24H,6-7,10,15-16H2,1-2H3,(H,28,31). The first-order valence-electron chi connectivity index (χ1n) is 10.9. The van der Waals surface area contributed by atoms with Gasteiger partial charge in [-0.25, -0.2) is 4.39 Å². The highest BCUT2D eigenvalue weighted by Crippen LogP contribution is 2.31. The van der Waals surface area contributed by atoms with Gasteiger partial charge in [0.05, 0.1) is 0 Å². The van der Waals surface area contributed by atoms with Gasteiger partial charge in [0.1, 0.15) is 17.7 Å². The number of hydrogen-bond acceptors (Lipinski definition) is 2.